The van der Waals surface area contributed by atoms with Crippen molar-refractivity contribution in [1.29, 1.82) is 0 Å². The largest absolute Gasteiger partial charge is 0.497 e. The van der Waals surface area contributed by atoms with E-state index >= 15 is 0 Å². The fourth-order valence-corrected chi connectivity index (χ4v) is 1.70. The Morgan fingerprint density at radius 2 is 1.85 bits per heavy atom. The summed E-state index contributed by atoms with van der Waals surface area (Å²) in [7, 11) is 1.59. The predicted octanol–water partition coefficient (Wildman–Crippen LogP) is 3.66. The van der Waals surface area contributed by atoms with Crippen molar-refractivity contribution in [2.45, 2.75) is 0 Å². The Morgan fingerprint density at radius 3 is 2.45 bits per heavy atom. The Labute approximate surface area is 121 Å². The van der Waals surface area contributed by atoms with Crippen LogP contribution < -0.4 is 4.74 Å². The first-order chi connectivity index (χ1) is 9.60. The second-order valence-corrected chi connectivity index (χ2v) is 4.31. The number of ether oxygens (including phenoxy) is 1. The summed E-state index contributed by atoms with van der Waals surface area (Å²) in [6.45, 7) is 0. The number of nitro benzene ring substituents is 1. The van der Waals surface area contributed by atoms with Gasteiger partial charge in [-0.2, -0.15) is 0 Å². The van der Waals surface area contributed by atoms with E-state index in [1.165, 1.54) is 18.2 Å². The molecule has 0 radical (unpaired) electrons. The number of benzene rings is 2. The normalized spacial score (nSPS) is 9.50. The number of rotatable bonds is 2. The van der Waals surface area contributed by atoms with Crippen molar-refractivity contribution in [2.24, 2.45) is 0 Å². The SMILES string of the molecule is COc1ccc(C#Cc2cc([N+](=O)[O-])ccc2Cl)cc1. The lowest BCUT2D eigenvalue weighted by Gasteiger charge is -1.98. The maximum Gasteiger partial charge on any atom is 0.270 e. The van der Waals surface area contributed by atoms with E-state index in [1.807, 2.05) is 0 Å². The number of halogens is 1. The standard InChI is InChI=1S/C15H10ClNO3/c1-20-14-7-3-11(4-8-14)2-5-12-10-13(17(18)19)6-9-15(12)16/h3-4,6-10H,1H3. The van der Waals surface area contributed by atoms with Gasteiger partial charge in [0.15, 0.2) is 0 Å². The highest BCUT2D eigenvalue weighted by Crippen LogP contribution is 2.21. The molecule has 20 heavy (non-hydrogen) atoms. The van der Waals surface area contributed by atoms with Crippen molar-refractivity contribution in [3.63, 3.8) is 0 Å². The number of nitro groups is 1. The smallest absolute Gasteiger partial charge is 0.270 e. The summed E-state index contributed by atoms with van der Waals surface area (Å²) in [5.74, 6) is 6.48. The van der Waals surface area contributed by atoms with Crippen LogP contribution in [-0.4, -0.2) is 12.0 Å². The summed E-state index contributed by atoms with van der Waals surface area (Å²) >= 11 is 5.97. The van der Waals surface area contributed by atoms with Crippen molar-refractivity contribution in [1.82, 2.24) is 0 Å². The first-order valence-electron chi connectivity index (χ1n) is 5.70. The van der Waals surface area contributed by atoms with Crippen LogP contribution in [0.3, 0.4) is 0 Å². The molecule has 0 spiro atoms. The molecule has 2 rings (SSSR count). The number of hydrogen-bond acceptors (Lipinski definition) is 3. The molecule has 2 aromatic carbocycles. The molecular weight excluding hydrogens is 278 g/mol. The molecule has 0 N–H and O–H groups in total. The second kappa shape index (κ2) is 6.09. The highest BCUT2D eigenvalue weighted by molar-refractivity contribution is 6.31. The molecule has 0 aliphatic carbocycles. The Kier molecular flexibility index (Phi) is 4.24. The van der Waals surface area contributed by atoms with Gasteiger partial charge in [-0.05, 0) is 30.3 Å². The zero-order chi connectivity index (χ0) is 14.5. The molecule has 0 bridgehead atoms. The van der Waals surface area contributed by atoms with E-state index in [0.29, 0.717) is 10.6 Å². The molecule has 0 aromatic heterocycles. The van der Waals surface area contributed by atoms with E-state index in [0.717, 1.165) is 11.3 Å². The van der Waals surface area contributed by atoms with Crippen LogP contribution in [0.2, 0.25) is 5.02 Å². The summed E-state index contributed by atoms with van der Waals surface area (Å²) in [4.78, 5) is 10.2. The van der Waals surface area contributed by atoms with Gasteiger partial charge in [0, 0.05) is 17.7 Å². The lowest BCUT2D eigenvalue weighted by Crippen LogP contribution is -1.89. The van der Waals surface area contributed by atoms with E-state index in [4.69, 9.17) is 16.3 Å². The van der Waals surface area contributed by atoms with Crippen LogP contribution >= 0.6 is 11.6 Å². The van der Waals surface area contributed by atoms with E-state index in [9.17, 15) is 10.1 Å². The fraction of sp³-hybridized carbons (Fsp3) is 0.0667. The third-order valence-corrected chi connectivity index (χ3v) is 2.92. The molecular formula is C15H10ClNO3. The van der Waals surface area contributed by atoms with E-state index in [2.05, 4.69) is 11.8 Å². The minimum atomic E-state index is -0.477. The summed E-state index contributed by atoms with van der Waals surface area (Å²) in [6, 6.07) is 11.4. The third kappa shape index (κ3) is 3.28. The molecule has 0 unspecified atom stereocenters. The maximum absolute atomic E-state index is 10.7. The van der Waals surface area contributed by atoms with Crippen molar-refractivity contribution < 1.29 is 9.66 Å². The zero-order valence-corrected chi connectivity index (χ0v) is 11.3. The molecule has 100 valence electrons. The molecule has 0 heterocycles. The van der Waals surface area contributed by atoms with Gasteiger partial charge in [-0.25, -0.2) is 0 Å². The summed E-state index contributed by atoms with van der Waals surface area (Å²) in [6.07, 6.45) is 0. The Bertz CT molecular complexity index is 699. The minimum Gasteiger partial charge on any atom is -0.497 e. The average molecular weight is 288 g/mol. The van der Waals surface area contributed by atoms with Gasteiger partial charge < -0.3 is 4.74 Å². The molecule has 0 saturated carbocycles. The number of methoxy groups -OCH3 is 1. The molecule has 0 aliphatic rings. The van der Waals surface area contributed by atoms with Crippen molar-refractivity contribution in [2.75, 3.05) is 7.11 Å². The van der Waals surface area contributed by atoms with Crippen LogP contribution in [-0.2, 0) is 0 Å². The van der Waals surface area contributed by atoms with Gasteiger partial charge in [0.2, 0.25) is 0 Å². The molecule has 0 fully saturated rings. The maximum atomic E-state index is 10.7. The molecule has 0 aliphatic heterocycles. The molecule has 0 atom stereocenters. The van der Waals surface area contributed by atoms with Gasteiger partial charge in [0.25, 0.3) is 5.69 Å². The number of nitrogens with zero attached hydrogens (tertiary/aromatic N) is 1. The molecule has 2 aromatic rings. The van der Waals surface area contributed by atoms with Crippen LogP contribution in [0.25, 0.3) is 0 Å². The number of non-ortho nitro benzene ring substituents is 1. The highest BCUT2D eigenvalue weighted by atomic mass is 35.5. The number of hydrogen-bond donors (Lipinski definition) is 0. The lowest BCUT2D eigenvalue weighted by molar-refractivity contribution is -0.384. The van der Waals surface area contributed by atoms with Gasteiger partial charge in [-0.1, -0.05) is 23.4 Å². The Hall–Kier alpha value is -2.51. The predicted molar refractivity (Wildman–Crippen MR) is 77.1 cm³/mol. The first-order valence-corrected chi connectivity index (χ1v) is 6.08. The van der Waals surface area contributed by atoms with E-state index < -0.39 is 4.92 Å². The molecule has 0 amide bonds. The van der Waals surface area contributed by atoms with Gasteiger partial charge in [0.1, 0.15) is 5.75 Å². The van der Waals surface area contributed by atoms with Gasteiger partial charge in [-0.15, -0.1) is 0 Å². The van der Waals surface area contributed by atoms with Crippen LogP contribution in [0.15, 0.2) is 42.5 Å². The highest BCUT2D eigenvalue weighted by Gasteiger charge is 2.07. The summed E-state index contributed by atoms with van der Waals surface area (Å²) in [5, 5.41) is 11.1. The first kappa shape index (κ1) is 13.9. The topological polar surface area (TPSA) is 52.4 Å². The van der Waals surface area contributed by atoms with E-state index in [1.54, 1.807) is 31.4 Å². The lowest BCUT2D eigenvalue weighted by atomic mass is 10.1. The minimum absolute atomic E-state index is 0.0339. The van der Waals surface area contributed by atoms with Crippen LogP contribution in [0.4, 0.5) is 5.69 Å². The molecule has 5 heteroatoms. The average Bonchev–Trinajstić information content (AvgIpc) is 2.46. The van der Waals surface area contributed by atoms with Crippen molar-refractivity contribution in [3.8, 4) is 17.6 Å². The van der Waals surface area contributed by atoms with Crippen molar-refractivity contribution in [3.05, 3.63) is 68.7 Å². The fourth-order valence-electron chi connectivity index (χ4n) is 1.54. The zero-order valence-electron chi connectivity index (χ0n) is 10.6. The van der Waals surface area contributed by atoms with Crippen LogP contribution in [0.1, 0.15) is 11.1 Å². The molecule has 0 saturated heterocycles. The quantitative estimate of drug-likeness (QED) is 0.481. The van der Waals surface area contributed by atoms with Crippen molar-refractivity contribution >= 4 is 17.3 Å². The van der Waals surface area contributed by atoms with Gasteiger partial charge in [-0.3, -0.25) is 10.1 Å². The Balaban J connectivity index is 2.31. The summed E-state index contributed by atoms with van der Waals surface area (Å²) < 4.78 is 5.05. The third-order valence-electron chi connectivity index (χ3n) is 2.59. The van der Waals surface area contributed by atoms with Crippen LogP contribution in [0, 0.1) is 22.0 Å². The summed E-state index contributed by atoms with van der Waals surface area (Å²) in [5.41, 5.74) is 1.17. The van der Waals surface area contributed by atoms with Gasteiger partial charge in [0.05, 0.1) is 22.6 Å². The molecule has 4 nitrogen and oxygen atoms in total. The van der Waals surface area contributed by atoms with Gasteiger partial charge >= 0.3 is 0 Å². The van der Waals surface area contributed by atoms with Crippen LogP contribution in [0.5, 0.6) is 5.75 Å². The van der Waals surface area contributed by atoms with E-state index in [-0.39, 0.29) is 5.69 Å². The monoisotopic (exact) mass is 287 g/mol. The second-order valence-electron chi connectivity index (χ2n) is 3.90. The Morgan fingerprint density at radius 1 is 1.15 bits per heavy atom.